The van der Waals surface area contributed by atoms with Crippen LogP contribution < -0.4 is 5.73 Å². The second kappa shape index (κ2) is 5.41. The zero-order valence-corrected chi connectivity index (χ0v) is 13.1. The molecule has 2 rings (SSSR count). The Morgan fingerprint density at radius 1 is 1.20 bits per heavy atom. The Morgan fingerprint density at radius 3 is 2.25 bits per heavy atom. The van der Waals surface area contributed by atoms with Crippen LogP contribution in [-0.2, 0) is 18.9 Å². The second-order valence-electron chi connectivity index (χ2n) is 6.58. The lowest BCUT2D eigenvalue weighted by atomic mass is 9.86. The fourth-order valence-corrected chi connectivity index (χ4v) is 2.43. The Balaban J connectivity index is 2.13. The molecule has 1 aromatic carbocycles. The Hall–Kier alpha value is -1.61. The molecule has 1 atom stereocenters. The molecule has 0 saturated heterocycles. The highest BCUT2D eigenvalue weighted by molar-refractivity contribution is 5.30. The third kappa shape index (κ3) is 3.28. The van der Waals surface area contributed by atoms with Gasteiger partial charge in [-0.1, -0.05) is 45.0 Å². The van der Waals surface area contributed by atoms with Crippen molar-refractivity contribution in [3.8, 4) is 0 Å². The molecular formula is C17H25N3. The molecule has 0 bridgehead atoms. The quantitative estimate of drug-likeness (QED) is 0.931. The highest BCUT2D eigenvalue weighted by Gasteiger charge is 2.15. The number of hydrogen-bond acceptors (Lipinski definition) is 2. The first-order chi connectivity index (χ1) is 9.27. The van der Waals surface area contributed by atoms with Gasteiger partial charge in [0.1, 0.15) is 0 Å². The summed E-state index contributed by atoms with van der Waals surface area (Å²) in [6.07, 6.45) is 0.812. The molecule has 3 heteroatoms. The molecule has 108 valence electrons. The van der Waals surface area contributed by atoms with E-state index >= 15 is 0 Å². The number of nitrogens with two attached hydrogens (primary N) is 1. The molecule has 1 unspecified atom stereocenters. The van der Waals surface area contributed by atoms with E-state index in [2.05, 4.69) is 56.2 Å². The standard InChI is InChI=1S/C17H25N3/c1-12-10-15(20(5)19-12)11-16(18)13-6-8-14(9-7-13)17(2,3)4/h6-10,16H,11,18H2,1-5H3. The fourth-order valence-electron chi connectivity index (χ4n) is 2.43. The van der Waals surface area contributed by atoms with Gasteiger partial charge < -0.3 is 5.73 Å². The van der Waals surface area contributed by atoms with Crippen molar-refractivity contribution >= 4 is 0 Å². The van der Waals surface area contributed by atoms with E-state index in [1.54, 1.807) is 0 Å². The summed E-state index contributed by atoms with van der Waals surface area (Å²) in [5.74, 6) is 0. The van der Waals surface area contributed by atoms with Crippen LogP contribution in [-0.4, -0.2) is 9.78 Å². The van der Waals surface area contributed by atoms with E-state index in [9.17, 15) is 0 Å². The second-order valence-corrected chi connectivity index (χ2v) is 6.58. The van der Waals surface area contributed by atoms with E-state index in [1.807, 2.05) is 18.7 Å². The van der Waals surface area contributed by atoms with Gasteiger partial charge in [-0.25, -0.2) is 0 Å². The van der Waals surface area contributed by atoms with Crippen LogP contribution in [0, 0.1) is 6.92 Å². The normalized spacial score (nSPS) is 13.5. The van der Waals surface area contributed by atoms with Crippen molar-refractivity contribution in [3.05, 3.63) is 52.8 Å². The maximum atomic E-state index is 6.32. The lowest BCUT2D eigenvalue weighted by Gasteiger charge is -2.20. The van der Waals surface area contributed by atoms with Crippen LogP contribution in [0.3, 0.4) is 0 Å². The molecule has 2 N–H and O–H groups in total. The van der Waals surface area contributed by atoms with Gasteiger partial charge in [0.15, 0.2) is 0 Å². The molecule has 0 amide bonds. The Morgan fingerprint density at radius 2 is 1.80 bits per heavy atom. The number of benzene rings is 1. The highest BCUT2D eigenvalue weighted by atomic mass is 15.3. The van der Waals surface area contributed by atoms with Crippen LogP contribution in [0.4, 0.5) is 0 Å². The number of rotatable bonds is 3. The van der Waals surface area contributed by atoms with Crippen molar-refractivity contribution in [1.82, 2.24) is 9.78 Å². The molecule has 0 radical (unpaired) electrons. The predicted molar refractivity (Wildman–Crippen MR) is 83.7 cm³/mol. The average molecular weight is 271 g/mol. The van der Waals surface area contributed by atoms with Gasteiger partial charge in [0, 0.05) is 25.2 Å². The first kappa shape index (κ1) is 14.8. The van der Waals surface area contributed by atoms with Crippen LogP contribution in [0.1, 0.15) is 49.3 Å². The summed E-state index contributed by atoms with van der Waals surface area (Å²) in [5.41, 5.74) is 11.2. The van der Waals surface area contributed by atoms with Crippen LogP contribution in [0.15, 0.2) is 30.3 Å². The molecule has 20 heavy (non-hydrogen) atoms. The summed E-state index contributed by atoms with van der Waals surface area (Å²) < 4.78 is 1.92. The summed E-state index contributed by atoms with van der Waals surface area (Å²) in [6, 6.07) is 10.8. The first-order valence-corrected chi connectivity index (χ1v) is 7.13. The van der Waals surface area contributed by atoms with Gasteiger partial charge in [0.2, 0.25) is 0 Å². The van der Waals surface area contributed by atoms with Gasteiger partial charge in [-0.3, -0.25) is 4.68 Å². The zero-order valence-electron chi connectivity index (χ0n) is 13.1. The van der Waals surface area contributed by atoms with E-state index in [0.29, 0.717) is 0 Å². The summed E-state index contributed by atoms with van der Waals surface area (Å²) in [5, 5.41) is 4.37. The molecule has 1 aromatic heterocycles. The van der Waals surface area contributed by atoms with Crippen molar-refractivity contribution in [3.63, 3.8) is 0 Å². The van der Waals surface area contributed by atoms with Crippen molar-refractivity contribution in [2.24, 2.45) is 12.8 Å². The topological polar surface area (TPSA) is 43.8 Å². The first-order valence-electron chi connectivity index (χ1n) is 7.13. The van der Waals surface area contributed by atoms with Crippen molar-refractivity contribution in [1.29, 1.82) is 0 Å². The van der Waals surface area contributed by atoms with E-state index in [1.165, 1.54) is 16.8 Å². The SMILES string of the molecule is Cc1cc(CC(N)c2ccc(C(C)(C)C)cc2)n(C)n1. The minimum Gasteiger partial charge on any atom is -0.324 e. The summed E-state index contributed by atoms with van der Waals surface area (Å²) >= 11 is 0. The maximum Gasteiger partial charge on any atom is 0.0596 e. The predicted octanol–water partition coefficient (Wildman–Crippen LogP) is 3.27. The van der Waals surface area contributed by atoms with Gasteiger partial charge in [-0.2, -0.15) is 5.10 Å². The molecule has 3 nitrogen and oxygen atoms in total. The Labute approximate surface area is 121 Å². The van der Waals surface area contributed by atoms with E-state index in [4.69, 9.17) is 5.73 Å². The molecular weight excluding hydrogens is 246 g/mol. The number of hydrogen-bond donors (Lipinski definition) is 1. The van der Waals surface area contributed by atoms with Crippen LogP contribution >= 0.6 is 0 Å². The maximum absolute atomic E-state index is 6.32. The molecule has 0 aliphatic rings. The average Bonchev–Trinajstić information content (AvgIpc) is 2.67. The van der Waals surface area contributed by atoms with Gasteiger partial charge in [-0.15, -0.1) is 0 Å². The Bertz CT molecular complexity index is 573. The van der Waals surface area contributed by atoms with Crippen molar-refractivity contribution in [2.45, 2.75) is 45.6 Å². The van der Waals surface area contributed by atoms with E-state index < -0.39 is 0 Å². The summed E-state index contributed by atoms with van der Waals surface area (Å²) in [7, 11) is 1.97. The minimum absolute atomic E-state index is 0.0128. The van der Waals surface area contributed by atoms with Gasteiger partial charge in [0.25, 0.3) is 0 Å². The smallest absolute Gasteiger partial charge is 0.0596 e. The van der Waals surface area contributed by atoms with Crippen LogP contribution in [0.2, 0.25) is 0 Å². The molecule has 2 aromatic rings. The molecule has 0 aliphatic heterocycles. The molecule has 0 spiro atoms. The third-order valence-electron chi connectivity index (χ3n) is 3.73. The lowest BCUT2D eigenvalue weighted by molar-refractivity contribution is 0.588. The lowest BCUT2D eigenvalue weighted by Crippen LogP contribution is -2.16. The van der Waals surface area contributed by atoms with Crippen molar-refractivity contribution < 1.29 is 0 Å². The monoisotopic (exact) mass is 271 g/mol. The summed E-state index contributed by atoms with van der Waals surface area (Å²) in [6.45, 7) is 8.67. The van der Waals surface area contributed by atoms with Gasteiger partial charge in [-0.05, 0) is 29.5 Å². The number of aromatic nitrogens is 2. The molecule has 0 saturated carbocycles. The van der Waals surface area contributed by atoms with Crippen molar-refractivity contribution in [2.75, 3.05) is 0 Å². The largest absolute Gasteiger partial charge is 0.324 e. The molecule has 0 aliphatic carbocycles. The number of aryl methyl sites for hydroxylation is 2. The van der Waals surface area contributed by atoms with Gasteiger partial charge >= 0.3 is 0 Å². The minimum atomic E-state index is 0.0128. The van der Waals surface area contributed by atoms with E-state index in [-0.39, 0.29) is 11.5 Å². The zero-order chi connectivity index (χ0) is 14.9. The van der Waals surface area contributed by atoms with Crippen LogP contribution in [0.5, 0.6) is 0 Å². The summed E-state index contributed by atoms with van der Waals surface area (Å²) in [4.78, 5) is 0. The Kier molecular flexibility index (Phi) is 4.00. The fraction of sp³-hybridized carbons (Fsp3) is 0.471. The molecule has 1 heterocycles. The molecule has 0 fully saturated rings. The van der Waals surface area contributed by atoms with Gasteiger partial charge in [0.05, 0.1) is 5.69 Å². The third-order valence-corrected chi connectivity index (χ3v) is 3.73. The van der Waals surface area contributed by atoms with E-state index in [0.717, 1.165) is 12.1 Å². The number of nitrogens with zero attached hydrogens (tertiary/aromatic N) is 2. The highest BCUT2D eigenvalue weighted by Crippen LogP contribution is 2.24. The van der Waals surface area contributed by atoms with Crippen LogP contribution in [0.25, 0.3) is 0 Å².